The Morgan fingerprint density at radius 1 is 1.00 bits per heavy atom. The largest absolute Gasteiger partial charge is 0.392 e. The maximum absolute atomic E-state index is 9.18. The maximum Gasteiger partial charge on any atom is 0.0737 e. The minimum absolute atomic E-state index is 0.190. The lowest BCUT2D eigenvalue weighted by Gasteiger charge is -2.09. The van der Waals surface area contributed by atoms with E-state index in [0.717, 1.165) is 0 Å². The molecule has 0 bridgehead atoms. The molecule has 2 aromatic rings. The Hall–Kier alpha value is -0.510. The molecule has 18 heavy (non-hydrogen) atoms. The van der Waals surface area contributed by atoms with Crippen molar-refractivity contribution in [2.45, 2.75) is 6.61 Å². The number of benzene rings is 1. The maximum atomic E-state index is 9.18. The fourth-order valence-electron chi connectivity index (χ4n) is 1.50. The van der Waals surface area contributed by atoms with E-state index >= 15 is 0 Å². The van der Waals surface area contributed by atoms with Crippen molar-refractivity contribution < 1.29 is 5.11 Å². The van der Waals surface area contributed by atoms with Crippen molar-refractivity contribution in [1.82, 2.24) is 4.98 Å². The second-order valence-corrected chi connectivity index (χ2v) is 5.14. The summed E-state index contributed by atoms with van der Waals surface area (Å²) >= 11 is 24.0. The average molecular weight is 323 g/mol. The Morgan fingerprint density at radius 3 is 2.33 bits per heavy atom. The minimum atomic E-state index is -0.190. The van der Waals surface area contributed by atoms with Crippen molar-refractivity contribution in [1.29, 1.82) is 0 Å². The van der Waals surface area contributed by atoms with Crippen LogP contribution < -0.4 is 0 Å². The molecule has 0 amide bonds. The van der Waals surface area contributed by atoms with E-state index in [0.29, 0.717) is 36.9 Å². The van der Waals surface area contributed by atoms with Crippen LogP contribution in [0, 0.1) is 0 Å². The summed E-state index contributed by atoms with van der Waals surface area (Å²) in [5.41, 5.74) is 1.59. The molecular formula is C12H7Cl4NO. The van der Waals surface area contributed by atoms with Crippen molar-refractivity contribution in [2.24, 2.45) is 0 Å². The lowest BCUT2D eigenvalue weighted by Crippen LogP contribution is -1.92. The SMILES string of the molecule is OCc1cc(-c2c(Cl)ccc(Cl)c2Cl)ncc1Cl. The molecule has 0 saturated heterocycles. The van der Waals surface area contributed by atoms with Crippen molar-refractivity contribution in [3.05, 3.63) is 50.0 Å². The predicted molar refractivity (Wildman–Crippen MR) is 75.6 cm³/mol. The van der Waals surface area contributed by atoms with Crippen molar-refractivity contribution >= 4 is 46.4 Å². The standard InChI is InChI=1S/C12H7Cl4NO/c13-7-1-2-8(14)12(16)11(7)10-3-6(5-18)9(15)4-17-10/h1-4,18H,5H2. The van der Waals surface area contributed by atoms with Crippen LogP contribution in [0.5, 0.6) is 0 Å². The third-order valence-electron chi connectivity index (χ3n) is 2.41. The molecule has 2 nitrogen and oxygen atoms in total. The van der Waals surface area contributed by atoms with E-state index in [2.05, 4.69) is 4.98 Å². The van der Waals surface area contributed by atoms with Crippen molar-refractivity contribution in [3.8, 4) is 11.3 Å². The third kappa shape index (κ3) is 2.58. The van der Waals surface area contributed by atoms with Gasteiger partial charge in [-0.3, -0.25) is 4.98 Å². The molecule has 94 valence electrons. The molecule has 0 saturated carbocycles. The van der Waals surface area contributed by atoms with Gasteiger partial charge < -0.3 is 5.11 Å². The highest BCUT2D eigenvalue weighted by Gasteiger charge is 2.14. The Morgan fingerprint density at radius 2 is 1.67 bits per heavy atom. The molecule has 0 aliphatic heterocycles. The van der Waals surface area contributed by atoms with Gasteiger partial charge >= 0.3 is 0 Å². The van der Waals surface area contributed by atoms with E-state index in [-0.39, 0.29) is 6.61 Å². The molecule has 0 atom stereocenters. The third-order valence-corrected chi connectivity index (χ3v) is 3.86. The highest BCUT2D eigenvalue weighted by molar-refractivity contribution is 6.46. The number of nitrogens with zero attached hydrogens (tertiary/aromatic N) is 1. The first-order chi connectivity index (χ1) is 8.54. The molecule has 0 spiro atoms. The van der Waals surface area contributed by atoms with Gasteiger partial charge in [-0.25, -0.2) is 0 Å². The molecule has 6 heteroatoms. The number of hydrogen-bond acceptors (Lipinski definition) is 2. The van der Waals surface area contributed by atoms with Gasteiger partial charge in [0.1, 0.15) is 0 Å². The number of aromatic nitrogens is 1. The van der Waals surface area contributed by atoms with Crippen LogP contribution in [0.4, 0.5) is 0 Å². The smallest absolute Gasteiger partial charge is 0.0737 e. The van der Waals surface area contributed by atoms with Gasteiger partial charge in [0.25, 0.3) is 0 Å². The zero-order valence-electron chi connectivity index (χ0n) is 8.92. The first-order valence-corrected chi connectivity index (χ1v) is 6.45. The second-order valence-electron chi connectivity index (χ2n) is 3.54. The molecule has 0 aliphatic rings. The van der Waals surface area contributed by atoms with Crippen LogP contribution in [0.3, 0.4) is 0 Å². The van der Waals surface area contributed by atoms with Crippen LogP contribution in [0.25, 0.3) is 11.3 Å². The minimum Gasteiger partial charge on any atom is -0.392 e. The molecule has 2 rings (SSSR count). The average Bonchev–Trinajstić information content (AvgIpc) is 2.36. The zero-order valence-corrected chi connectivity index (χ0v) is 11.9. The summed E-state index contributed by atoms with van der Waals surface area (Å²) in [5.74, 6) is 0. The van der Waals surface area contributed by atoms with Crippen LogP contribution in [0.2, 0.25) is 20.1 Å². The van der Waals surface area contributed by atoms with Gasteiger partial charge in [0.05, 0.1) is 32.4 Å². The summed E-state index contributed by atoms with van der Waals surface area (Å²) < 4.78 is 0. The van der Waals surface area contributed by atoms with Gasteiger partial charge in [0.15, 0.2) is 0 Å². The molecule has 0 fully saturated rings. The molecule has 0 unspecified atom stereocenters. The Bertz CT molecular complexity index is 601. The number of pyridine rings is 1. The summed E-state index contributed by atoms with van der Waals surface area (Å²) in [7, 11) is 0. The summed E-state index contributed by atoms with van der Waals surface area (Å²) in [5, 5.41) is 10.7. The van der Waals surface area contributed by atoms with E-state index in [4.69, 9.17) is 46.4 Å². The van der Waals surface area contributed by atoms with Gasteiger partial charge in [-0.05, 0) is 23.8 Å². The molecule has 0 radical (unpaired) electrons. The highest BCUT2D eigenvalue weighted by atomic mass is 35.5. The number of rotatable bonds is 2. The van der Waals surface area contributed by atoms with Crippen LogP contribution >= 0.6 is 46.4 Å². The molecule has 0 aliphatic carbocycles. The lowest BCUT2D eigenvalue weighted by molar-refractivity contribution is 0.282. The van der Waals surface area contributed by atoms with Gasteiger partial charge in [0.2, 0.25) is 0 Å². The summed E-state index contributed by atoms with van der Waals surface area (Å²) in [6, 6.07) is 4.88. The van der Waals surface area contributed by atoms with E-state index in [1.807, 2.05) is 0 Å². The molecular weight excluding hydrogens is 316 g/mol. The predicted octanol–water partition coefficient (Wildman–Crippen LogP) is 4.85. The number of aliphatic hydroxyl groups is 1. The number of halogens is 4. The molecule has 1 heterocycles. The van der Waals surface area contributed by atoms with E-state index in [1.54, 1.807) is 18.2 Å². The number of aliphatic hydroxyl groups excluding tert-OH is 1. The van der Waals surface area contributed by atoms with Crippen LogP contribution in [0.15, 0.2) is 24.4 Å². The molecule has 1 N–H and O–H groups in total. The lowest BCUT2D eigenvalue weighted by atomic mass is 10.1. The van der Waals surface area contributed by atoms with E-state index in [9.17, 15) is 5.11 Å². The Balaban J connectivity index is 2.65. The Kier molecular flexibility index (Phi) is 4.36. The van der Waals surface area contributed by atoms with Gasteiger partial charge in [-0.15, -0.1) is 0 Å². The van der Waals surface area contributed by atoms with Gasteiger partial charge in [-0.2, -0.15) is 0 Å². The summed E-state index contributed by atoms with van der Waals surface area (Å²) in [6.07, 6.45) is 1.44. The molecule has 1 aromatic heterocycles. The van der Waals surface area contributed by atoms with Crippen LogP contribution in [0.1, 0.15) is 5.56 Å². The summed E-state index contributed by atoms with van der Waals surface area (Å²) in [6.45, 7) is -0.190. The monoisotopic (exact) mass is 321 g/mol. The first-order valence-electron chi connectivity index (χ1n) is 4.93. The normalized spacial score (nSPS) is 10.7. The second kappa shape index (κ2) is 5.64. The van der Waals surface area contributed by atoms with E-state index in [1.165, 1.54) is 6.20 Å². The van der Waals surface area contributed by atoms with Crippen LogP contribution in [-0.2, 0) is 6.61 Å². The quantitative estimate of drug-likeness (QED) is 0.801. The Labute approximate surface area is 124 Å². The topological polar surface area (TPSA) is 33.1 Å². The molecule has 1 aromatic carbocycles. The van der Waals surface area contributed by atoms with Crippen molar-refractivity contribution in [2.75, 3.05) is 0 Å². The van der Waals surface area contributed by atoms with Crippen LogP contribution in [-0.4, -0.2) is 10.1 Å². The van der Waals surface area contributed by atoms with Gasteiger partial charge in [-0.1, -0.05) is 46.4 Å². The number of hydrogen-bond donors (Lipinski definition) is 1. The zero-order chi connectivity index (χ0) is 13.3. The highest BCUT2D eigenvalue weighted by Crippen LogP contribution is 2.38. The summed E-state index contributed by atoms with van der Waals surface area (Å²) in [4.78, 5) is 4.15. The first kappa shape index (κ1) is 13.9. The van der Waals surface area contributed by atoms with Gasteiger partial charge in [0, 0.05) is 11.8 Å². The van der Waals surface area contributed by atoms with Crippen molar-refractivity contribution in [3.63, 3.8) is 0 Å². The fraction of sp³-hybridized carbons (Fsp3) is 0.0833. The van der Waals surface area contributed by atoms with E-state index < -0.39 is 0 Å². The fourth-order valence-corrected chi connectivity index (χ4v) is 2.38.